The molecular weight excluding hydrogens is 240 g/mol. The molecule has 0 aromatic heterocycles. The van der Waals surface area contributed by atoms with Crippen molar-refractivity contribution in [2.75, 3.05) is 6.61 Å². The third-order valence-electron chi connectivity index (χ3n) is 2.79. The summed E-state index contributed by atoms with van der Waals surface area (Å²) in [5, 5.41) is 0.913. The Balaban J connectivity index is 1.83. The van der Waals surface area contributed by atoms with E-state index in [1.807, 2.05) is 0 Å². The highest BCUT2D eigenvalue weighted by Gasteiger charge is 2.17. The van der Waals surface area contributed by atoms with Crippen molar-refractivity contribution in [3.05, 3.63) is 29.8 Å². The molecule has 0 aliphatic heterocycles. The number of hydrogen-bond acceptors (Lipinski definition) is 1. The molecule has 0 amide bonds. The fraction of sp³-hybridized carbons (Fsp3) is 0.500. The lowest BCUT2D eigenvalue weighted by atomic mass is 9.86. The van der Waals surface area contributed by atoms with Crippen molar-refractivity contribution < 1.29 is 4.74 Å². The van der Waals surface area contributed by atoms with E-state index < -0.39 is 0 Å². The topological polar surface area (TPSA) is 9.23 Å². The molecule has 0 atom stereocenters. The Labute approximate surface area is 93.6 Å². The highest BCUT2D eigenvalue weighted by atomic mass is 79.9. The van der Waals surface area contributed by atoms with Crippen LogP contribution in [0.2, 0.25) is 0 Å². The number of halogens is 1. The van der Waals surface area contributed by atoms with Crippen LogP contribution >= 0.6 is 15.9 Å². The van der Waals surface area contributed by atoms with Gasteiger partial charge in [0.1, 0.15) is 5.75 Å². The number of rotatable bonds is 4. The summed E-state index contributed by atoms with van der Waals surface area (Å²) in [7, 11) is 0. The molecule has 1 saturated carbocycles. The van der Waals surface area contributed by atoms with Gasteiger partial charge in [-0.05, 0) is 36.5 Å². The van der Waals surface area contributed by atoms with E-state index in [9.17, 15) is 0 Å². The molecule has 0 bridgehead atoms. The molecule has 1 aliphatic carbocycles. The van der Waals surface area contributed by atoms with Crippen LogP contribution in [0.3, 0.4) is 0 Å². The van der Waals surface area contributed by atoms with E-state index >= 15 is 0 Å². The summed E-state index contributed by atoms with van der Waals surface area (Å²) in [5.41, 5.74) is 1.29. The third kappa shape index (κ3) is 2.50. The first-order chi connectivity index (χ1) is 6.88. The Kier molecular flexibility index (Phi) is 3.46. The van der Waals surface area contributed by atoms with Gasteiger partial charge in [0, 0.05) is 5.33 Å². The summed E-state index contributed by atoms with van der Waals surface area (Å²) in [6.07, 6.45) is 4.08. The molecule has 14 heavy (non-hydrogen) atoms. The molecular formula is C12H15BrO. The molecule has 0 radical (unpaired) electrons. The van der Waals surface area contributed by atoms with E-state index in [0.717, 1.165) is 23.6 Å². The van der Waals surface area contributed by atoms with E-state index in [1.54, 1.807) is 0 Å². The molecule has 2 heteroatoms. The van der Waals surface area contributed by atoms with Gasteiger partial charge in [-0.1, -0.05) is 34.5 Å². The summed E-state index contributed by atoms with van der Waals surface area (Å²) in [6, 6.07) is 8.31. The minimum absolute atomic E-state index is 0.811. The van der Waals surface area contributed by atoms with Gasteiger partial charge in [0.15, 0.2) is 0 Å². The lowest BCUT2D eigenvalue weighted by molar-refractivity contribution is 0.180. The van der Waals surface area contributed by atoms with E-state index in [0.29, 0.717) is 0 Å². The monoisotopic (exact) mass is 254 g/mol. The summed E-state index contributed by atoms with van der Waals surface area (Å²) in [4.78, 5) is 0. The highest BCUT2D eigenvalue weighted by Crippen LogP contribution is 2.27. The van der Waals surface area contributed by atoms with Crippen LogP contribution in [0.4, 0.5) is 0 Å². The maximum Gasteiger partial charge on any atom is 0.119 e. The van der Waals surface area contributed by atoms with E-state index in [-0.39, 0.29) is 0 Å². The van der Waals surface area contributed by atoms with Crippen molar-refractivity contribution in [3.8, 4) is 5.75 Å². The predicted octanol–water partition coefficient (Wildman–Crippen LogP) is 3.76. The smallest absolute Gasteiger partial charge is 0.119 e. The first kappa shape index (κ1) is 10.0. The number of alkyl halides is 1. The third-order valence-corrected chi connectivity index (χ3v) is 3.44. The van der Waals surface area contributed by atoms with Crippen molar-refractivity contribution in [1.29, 1.82) is 0 Å². The summed E-state index contributed by atoms with van der Waals surface area (Å²) < 4.78 is 5.69. The molecule has 1 nitrogen and oxygen atoms in total. The minimum Gasteiger partial charge on any atom is -0.493 e. The van der Waals surface area contributed by atoms with Gasteiger partial charge >= 0.3 is 0 Å². The van der Waals surface area contributed by atoms with E-state index in [2.05, 4.69) is 40.2 Å². The second kappa shape index (κ2) is 4.83. The van der Waals surface area contributed by atoms with Gasteiger partial charge in [-0.15, -0.1) is 0 Å². The lowest BCUT2D eigenvalue weighted by Gasteiger charge is -2.25. The molecule has 0 heterocycles. The van der Waals surface area contributed by atoms with Gasteiger partial charge in [0.05, 0.1) is 6.61 Å². The van der Waals surface area contributed by atoms with Crippen LogP contribution in [0.15, 0.2) is 24.3 Å². The number of ether oxygens (including phenoxy) is 1. The van der Waals surface area contributed by atoms with Crippen molar-refractivity contribution >= 4 is 15.9 Å². The Morgan fingerprint density at radius 3 is 2.43 bits per heavy atom. The first-order valence-electron chi connectivity index (χ1n) is 5.16. The predicted molar refractivity (Wildman–Crippen MR) is 61.9 cm³/mol. The second-order valence-corrected chi connectivity index (χ2v) is 4.45. The normalized spacial score (nSPS) is 16.4. The van der Waals surface area contributed by atoms with E-state index in [1.165, 1.54) is 24.8 Å². The zero-order chi connectivity index (χ0) is 9.80. The van der Waals surface area contributed by atoms with Gasteiger partial charge < -0.3 is 4.74 Å². The average molecular weight is 255 g/mol. The molecule has 1 aromatic carbocycles. The van der Waals surface area contributed by atoms with Gasteiger partial charge in [0.2, 0.25) is 0 Å². The van der Waals surface area contributed by atoms with Crippen LogP contribution in [0.1, 0.15) is 24.8 Å². The summed E-state index contributed by atoms with van der Waals surface area (Å²) >= 11 is 3.42. The lowest BCUT2D eigenvalue weighted by Crippen LogP contribution is -2.19. The van der Waals surface area contributed by atoms with Crippen LogP contribution in [-0.4, -0.2) is 6.61 Å². The fourth-order valence-corrected chi connectivity index (χ4v) is 1.92. The van der Waals surface area contributed by atoms with Crippen LogP contribution < -0.4 is 4.74 Å². The minimum atomic E-state index is 0.811. The van der Waals surface area contributed by atoms with Crippen LogP contribution in [0, 0.1) is 5.92 Å². The molecule has 1 aromatic rings. The SMILES string of the molecule is BrCc1ccc(OCC2CCC2)cc1. The summed E-state index contributed by atoms with van der Waals surface area (Å²) in [6.45, 7) is 0.896. The Morgan fingerprint density at radius 2 is 1.93 bits per heavy atom. The quantitative estimate of drug-likeness (QED) is 0.744. The second-order valence-electron chi connectivity index (χ2n) is 3.89. The molecule has 2 rings (SSSR count). The van der Waals surface area contributed by atoms with Crippen LogP contribution in [0.5, 0.6) is 5.75 Å². The molecule has 0 spiro atoms. The van der Waals surface area contributed by atoms with Gasteiger partial charge in [-0.2, -0.15) is 0 Å². The van der Waals surface area contributed by atoms with Crippen molar-refractivity contribution in [1.82, 2.24) is 0 Å². The maximum atomic E-state index is 5.69. The largest absolute Gasteiger partial charge is 0.493 e. The van der Waals surface area contributed by atoms with Gasteiger partial charge in [-0.3, -0.25) is 0 Å². The molecule has 0 unspecified atom stereocenters. The highest BCUT2D eigenvalue weighted by molar-refractivity contribution is 9.08. The van der Waals surface area contributed by atoms with Gasteiger partial charge in [0.25, 0.3) is 0 Å². The van der Waals surface area contributed by atoms with Gasteiger partial charge in [-0.25, -0.2) is 0 Å². The molecule has 0 N–H and O–H groups in total. The Bertz CT molecular complexity index is 277. The van der Waals surface area contributed by atoms with Crippen molar-refractivity contribution in [2.45, 2.75) is 24.6 Å². The molecule has 1 aliphatic rings. The maximum absolute atomic E-state index is 5.69. The zero-order valence-electron chi connectivity index (χ0n) is 8.21. The fourth-order valence-electron chi connectivity index (χ4n) is 1.55. The Morgan fingerprint density at radius 1 is 1.21 bits per heavy atom. The zero-order valence-corrected chi connectivity index (χ0v) is 9.79. The van der Waals surface area contributed by atoms with Crippen molar-refractivity contribution in [3.63, 3.8) is 0 Å². The first-order valence-corrected chi connectivity index (χ1v) is 6.28. The summed E-state index contributed by atoms with van der Waals surface area (Å²) in [5.74, 6) is 1.81. The molecule has 1 fully saturated rings. The van der Waals surface area contributed by atoms with Crippen LogP contribution in [0.25, 0.3) is 0 Å². The number of hydrogen-bond donors (Lipinski definition) is 0. The Hall–Kier alpha value is -0.500. The number of benzene rings is 1. The van der Waals surface area contributed by atoms with Crippen LogP contribution in [-0.2, 0) is 5.33 Å². The molecule has 76 valence electrons. The standard InChI is InChI=1S/C12H15BrO/c13-8-10-4-6-12(7-5-10)14-9-11-2-1-3-11/h4-7,11H,1-3,8-9H2. The van der Waals surface area contributed by atoms with E-state index in [4.69, 9.17) is 4.74 Å². The van der Waals surface area contributed by atoms with Crippen molar-refractivity contribution in [2.24, 2.45) is 5.92 Å². The average Bonchev–Trinajstić information content (AvgIpc) is 2.16. The molecule has 0 saturated heterocycles.